The van der Waals surface area contributed by atoms with E-state index in [9.17, 15) is 22.4 Å². The van der Waals surface area contributed by atoms with E-state index in [0.717, 1.165) is 30.8 Å². The van der Waals surface area contributed by atoms with Crippen LogP contribution in [0.5, 0.6) is 0 Å². The number of likely N-dealkylation sites (tertiary alicyclic amines) is 1. The summed E-state index contributed by atoms with van der Waals surface area (Å²) >= 11 is 0. The molecule has 0 radical (unpaired) electrons. The molecule has 0 saturated carbocycles. The van der Waals surface area contributed by atoms with Crippen molar-refractivity contribution in [3.8, 4) is 0 Å². The average molecular weight is 455 g/mol. The van der Waals surface area contributed by atoms with Crippen LogP contribution in [0.25, 0.3) is 0 Å². The van der Waals surface area contributed by atoms with Gasteiger partial charge < -0.3 is 14.9 Å². The minimum Gasteiger partial charge on any atom is -0.475 e. The Kier molecular flexibility index (Phi) is 6.90. The number of halogens is 4. The van der Waals surface area contributed by atoms with Crippen molar-refractivity contribution in [3.05, 3.63) is 47.8 Å². The normalized spacial score (nSPS) is 20.5. The summed E-state index contributed by atoms with van der Waals surface area (Å²) in [4.78, 5) is 38.2. The molecular weight excluding hydrogens is 434 g/mol. The summed E-state index contributed by atoms with van der Waals surface area (Å²) in [6.07, 6.45) is -0.550. The fourth-order valence-electron chi connectivity index (χ4n) is 3.92. The Labute approximate surface area is 180 Å². The van der Waals surface area contributed by atoms with Gasteiger partial charge in [-0.05, 0) is 31.9 Å². The van der Waals surface area contributed by atoms with Crippen LogP contribution in [0, 0.1) is 12.7 Å². The van der Waals surface area contributed by atoms with E-state index in [1.807, 2.05) is 30.0 Å². The van der Waals surface area contributed by atoms with Crippen LogP contribution in [0.2, 0.25) is 0 Å². The van der Waals surface area contributed by atoms with Crippen LogP contribution < -0.4 is 4.90 Å². The van der Waals surface area contributed by atoms with Crippen LogP contribution in [-0.4, -0.2) is 61.6 Å². The molecule has 2 aliphatic rings. The second-order valence-corrected chi connectivity index (χ2v) is 7.45. The van der Waals surface area contributed by atoms with Gasteiger partial charge in [0.25, 0.3) is 0 Å². The number of pyridine rings is 1. The fraction of sp³-hybridized carbons (Fsp3) is 0.450. The Balaban J connectivity index is 0.000000360. The van der Waals surface area contributed by atoms with Gasteiger partial charge >= 0.3 is 12.1 Å². The number of carboxylic acids is 1. The standard InChI is InChI=1S/C18H20FN5O.C2HF3O2/c1-12-3-2-4-14(22-12)11-24-16-7-8-23(15(16)5-6-17(24)25)18-20-9-13(19)10-21-18;3-2(4,5)1(6)7/h2-4,9-10,15-16H,5-8,11H2,1H3;(H,6,7)/t15-,16-;/m1./s1. The topological polar surface area (TPSA) is 99.5 Å². The molecule has 2 aromatic heterocycles. The largest absolute Gasteiger partial charge is 0.490 e. The van der Waals surface area contributed by atoms with Gasteiger partial charge in [-0.3, -0.25) is 9.78 Å². The van der Waals surface area contributed by atoms with E-state index in [1.54, 1.807) is 0 Å². The van der Waals surface area contributed by atoms with E-state index in [-0.39, 0.29) is 18.0 Å². The van der Waals surface area contributed by atoms with Crippen LogP contribution in [-0.2, 0) is 16.1 Å². The number of aryl methyl sites for hydroxylation is 1. The zero-order chi connectivity index (χ0) is 23.5. The molecule has 0 spiro atoms. The average Bonchev–Trinajstić information content (AvgIpc) is 3.15. The molecule has 0 unspecified atom stereocenters. The Morgan fingerprint density at radius 3 is 2.44 bits per heavy atom. The number of carbonyl (C=O) groups excluding carboxylic acids is 1. The number of fused-ring (bicyclic) bond motifs is 1. The molecule has 0 aromatic carbocycles. The lowest BCUT2D eigenvalue weighted by molar-refractivity contribution is -0.192. The van der Waals surface area contributed by atoms with Gasteiger partial charge in [-0.15, -0.1) is 0 Å². The van der Waals surface area contributed by atoms with Crippen molar-refractivity contribution >= 4 is 17.8 Å². The summed E-state index contributed by atoms with van der Waals surface area (Å²) in [6, 6.07) is 6.18. The number of carbonyl (C=O) groups is 2. The van der Waals surface area contributed by atoms with Gasteiger partial charge in [0.2, 0.25) is 11.9 Å². The molecule has 0 bridgehead atoms. The minimum atomic E-state index is -5.08. The molecule has 1 amide bonds. The lowest BCUT2D eigenvalue weighted by Crippen LogP contribution is -2.52. The molecule has 2 aromatic rings. The monoisotopic (exact) mass is 455 g/mol. The Hall–Kier alpha value is -3.31. The number of rotatable bonds is 3. The molecule has 8 nitrogen and oxygen atoms in total. The number of amides is 1. The SMILES string of the molecule is Cc1cccc(CN2C(=O)CC[C@@H]3[C@H]2CCN3c2ncc(F)cn2)n1.O=C(O)C(F)(F)F. The zero-order valence-electron chi connectivity index (χ0n) is 17.1. The van der Waals surface area contributed by atoms with Gasteiger partial charge in [-0.2, -0.15) is 13.2 Å². The molecule has 12 heteroatoms. The fourth-order valence-corrected chi connectivity index (χ4v) is 3.92. The summed E-state index contributed by atoms with van der Waals surface area (Å²) in [7, 11) is 0. The smallest absolute Gasteiger partial charge is 0.475 e. The summed E-state index contributed by atoms with van der Waals surface area (Å²) in [5.41, 5.74) is 1.86. The van der Waals surface area contributed by atoms with Crippen molar-refractivity contribution in [2.45, 2.75) is 51.0 Å². The van der Waals surface area contributed by atoms with E-state index in [0.29, 0.717) is 18.9 Å². The highest BCUT2D eigenvalue weighted by Crippen LogP contribution is 2.34. The van der Waals surface area contributed by atoms with E-state index < -0.39 is 18.0 Å². The molecule has 2 atom stereocenters. The first-order valence-electron chi connectivity index (χ1n) is 9.82. The van der Waals surface area contributed by atoms with E-state index in [4.69, 9.17) is 9.90 Å². The van der Waals surface area contributed by atoms with E-state index in [2.05, 4.69) is 19.9 Å². The number of hydrogen-bond donors (Lipinski definition) is 1. The summed E-state index contributed by atoms with van der Waals surface area (Å²) < 4.78 is 44.8. The summed E-state index contributed by atoms with van der Waals surface area (Å²) in [5.74, 6) is -2.48. The predicted octanol–water partition coefficient (Wildman–Crippen LogP) is 2.72. The third-order valence-electron chi connectivity index (χ3n) is 5.27. The van der Waals surface area contributed by atoms with Crippen molar-refractivity contribution in [2.75, 3.05) is 11.4 Å². The highest BCUT2D eigenvalue weighted by Gasteiger charge is 2.44. The molecular formula is C20H21F4N5O3. The maximum absolute atomic E-state index is 13.1. The second kappa shape index (κ2) is 9.45. The van der Waals surface area contributed by atoms with Gasteiger partial charge in [0.15, 0.2) is 5.82 Å². The van der Waals surface area contributed by atoms with Gasteiger partial charge in [0.1, 0.15) is 0 Å². The van der Waals surface area contributed by atoms with Crippen LogP contribution >= 0.6 is 0 Å². The first-order chi connectivity index (χ1) is 15.1. The van der Waals surface area contributed by atoms with Crippen molar-refractivity contribution in [1.82, 2.24) is 19.9 Å². The van der Waals surface area contributed by atoms with Gasteiger partial charge in [0.05, 0.1) is 36.7 Å². The first-order valence-corrected chi connectivity index (χ1v) is 9.82. The van der Waals surface area contributed by atoms with Gasteiger partial charge in [0, 0.05) is 18.7 Å². The maximum atomic E-state index is 13.1. The number of nitrogens with zero attached hydrogens (tertiary/aromatic N) is 5. The van der Waals surface area contributed by atoms with Crippen LogP contribution in [0.3, 0.4) is 0 Å². The highest BCUT2D eigenvalue weighted by molar-refractivity contribution is 5.78. The molecule has 2 fully saturated rings. The maximum Gasteiger partial charge on any atom is 0.490 e. The number of anilines is 1. The van der Waals surface area contributed by atoms with Crippen molar-refractivity contribution in [1.29, 1.82) is 0 Å². The Morgan fingerprint density at radius 1 is 1.19 bits per heavy atom. The van der Waals surface area contributed by atoms with Gasteiger partial charge in [-0.25, -0.2) is 19.2 Å². The molecule has 2 aliphatic heterocycles. The number of hydrogen-bond acceptors (Lipinski definition) is 6. The number of alkyl halides is 3. The summed E-state index contributed by atoms with van der Waals surface area (Å²) in [6.45, 7) is 3.25. The molecule has 4 rings (SSSR count). The van der Waals surface area contributed by atoms with E-state index >= 15 is 0 Å². The van der Waals surface area contributed by atoms with Crippen molar-refractivity contribution in [3.63, 3.8) is 0 Å². The Morgan fingerprint density at radius 2 is 1.84 bits per heavy atom. The minimum absolute atomic E-state index is 0.122. The second-order valence-electron chi connectivity index (χ2n) is 7.45. The third kappa shape index (κ3) is 5.48. The lowest BCUT2D eigenvalue weighted by Gasteiger charge is -2.39. The number of aliphatic carboxylic acids is 1. The first kappa shape index (κ1) is 23.4. The molecule has 0 aliphatic carbocycles. The van der Waals surface area contributed by atoms with Crippen molar-refractivity contribution < 1.29 is 32.3 Å². The Bertz CT molecular complexity index is 970. The summed E-state index contributed by atoms with van der Waals surface area (Å²) in [5, 5.41) is 7.12. The molecule has 32 heavy (non-hydrogen) atoms. The molecule has 4 heterocycles. The van der Waals surface area contributed by atoms with Crippen molar-refractivity contribution in [2.24, 2.45) is 0 Å². The lowest BCUT2D eigenvalue weighted by atomic mass is 9.96. The molecule has 172 valence electrons. The predicted molar refractivity (Wildman–Crippen MR) is 104 cm³/mol. The third-order valence-corrected chi connectivity index (χ3v) is 5.27. The number of aromatic nitrogens is 3. The van der Waals surface area contributed by atoms with Crippen LogP contribution in [0.1, 0.15) is 30.7 Å². The number of piperidine rings is 1. The van der Waals surface area contributed by atoms with Crippen LogP contribution in [0.15, 0.2) is 30.6 Å². The quantitative estimate of drug-likeness (QED) is 0.711. The van der Waals surface area contributed by atoms with Crippen LogP contribution in [0.4, 0.5) is 23.5 Å². The van der Waals surface area contributed by atoms with E-state index in [1.165, 1.54) is 12.4 Å². The number of carboxylic acid groups (broad SMARTS) is 1. The zero-order valence-corrected chi connectivity index (χ0v) is 17.1. The van der Waals surface area contributed by atoms with Gasteiger partial charge in [-0.1, -0.05) is 6.07 Å². The molecule has 1 N–H and O–H groups in total. The molecule has 2 saturated heterocycles. The highest BCUT2D eigenvalue weighted by atomic mass is 19.4.